The number of sulfonamides is 1. The molecule has 1 aliphatic heterocycles. The van der Waals surface area contributed by atoms with Crippen molar-refractivity contribution in [3.63, 3.8) is 0 Å². The molecule has 0 saturated carbocycles. The van der Waals surface area contributed by atoms with Crippen LogP contribution >= 0.6 is 12.4 Å². The molecule has 0 aliphatic carbocycles. The van der Waals surface area contributed by atoms with Gasteiger partial charge < -0.3 is 10.6 Å². The van der Waals surface area contributed by atoms with E-state index in [0.717, 1.165) is 24.9 Å². The first kappa shape index (κ1) is 20.9. The second kappa shape index (κ2) is 8.80. The predicted molar refractivity (Wildman–Crippen MR) is 98.1 cm³/mol. The van der Waals surface area contributed by atoms with Gasteiger partial charge in [-0.15, -0.1) is 12.4 Å². The molecule has 0 spiro atoms. The quantitative estimate of drug-likeness (QED) is 0.825. The molecule has 0 aromatic heterocycles. The molecule has 1 saturated heterocycles. The summed E-state index contributed by atoms with van der Waals surface area (Å²) < 4.78 is 27.1. The molecule has 0 radical (unpaired) electrons. The number of aryl methyl sites for hydroxylation is 1. The highest BCUT2D eigenvalue weighted by Crippen LogP contribution is 2.26. The lowest BCUT2D eigenvalue weighted by Gasteiger charge is -2.31. The highest BCUT2D eigenvalue weighted by Gasteiger charge is 2.29. The lowest BCUT2D eigenvalue weighted by molar-refractivity contribution is -0.114. The zero-order chi connectivity index (χ0) is 17.0. The van der Waals surface area contributed by atoms with E-state index in [1.165, 1.54) is 6.92 Å². The second-order valence-electron chi connectivity index (χ2n) is 6.06. The summed E-state index contributed by atoms with van der Waals surface area (Å²) in [5.74, 6) is 0.315. The van der Waals surface area contributed by atoms with Crippen molar-refractivity contribution in [2.75, 3.05) is 32.0 Å². The van der Waals surface area contributed by atoms with Gasteiger partial charge in [0.05, 0.1) is 4.90 Å². The molecule has 2 N–H and O–H groups in total. The van der Waals surface area contributed by atoms with Gasteiger partial charge in [0.25, 0.3) is 0 Å². The molecule has 136 valence electrons. The molecule has 8 heteroatoms. The molecule has 6 nitrogen and oxygen atoms in total. The average Bonchev–Trinajstić information content (AvgIpc) is 2.50. The van der Waals surface area contributed by atoms with Gasteiger partial charge in [-0.1, -0.05) is 6.07 Å². The van der Waals surface area contributed by atoms with Gasteiger partial charge in [0, 0.05) is 25.7 Å². The van der Waals surface area contributed by atoms with Crippen LogP contribution in [-0.2, 0) is 14.8 Å². The minimum absolute atomic E-state index is 0. The highest BCUT2D eigenvalue weighted by molar-refractivity contribution is 7.89. The van der Waals surface area contributed by atoms with E-state index in [4.69, 9.17) is 0 Å². The molecular weight excluding hydrogens is 350 g/mol. The molecule has 2 rings (SSSR count). The zero-order valence-electron chi connectivity index (χ0n) is 14.3. The van der Waals surface area contributed by atoms with Crippen LogP contribution < -0.4 is 10.6 Å². The fourth-order valence-corrected chi connectivity index (χ4v) is 4.37. The maximum Gasteiger partial charge on any atom is 0.243 e. The van der Waals surface area contributed by atoms with Crippen LogP contribution in [-0.4, -0.2) is 45.3 Å². The molecule has 1 aromatic rings. The van der Waals surface area contributed by atoms with Gasteiger partial charge in [-0.25, -0.2) is 8.42 Å². The molecule has 1 aromatic carbocycles. The smallest absolute Gasteiger partial charge is 0.243 e. The maximum absolute atomic E-state index is 12.8. The van der Waals surface area contributed by atoms with E-state index in [9.17, 15) is 13.2 Å². The van der Waals surface area contributed by atoms with Crippen LogP contribution in [0.3, 0.4) is 0 Å². The molecular formula is C16H26ClN3O3S. The lowest BCUT2D eigenvalue weighted by atomic mass is 9.98. The Morgan fingerprint density at radius 2 is 1.92 bits per heavy atom. The Morgan fingerprint density at radius 3 is 2.46 bits per heavy atom. The van der Waals surface area contributed by atoms with Crippen molar-refractivity contribution in [1.29, 1.82) is 0 Å². The van der Waals surface area contributed by atoms with E-state index in [-0.39, 0.29) is 23.2 Å². The molecule has 24 heavy (non-hydrogen) atoms. The van der Waals surface area contributed by atoms with E-state index in [0.29, 0.717) is 24.7 Å². The molecule has 1 fully saturated rings. The number of anilines is 1. The Balaban J connectivity index is 0.00000288. The predicted octanol–water partition coefficient (Wildman–Crippen LogP) is 2.00. The molecule has 0 atom stereocenters. The Hall–Kier alpha value is -1.15. The van der Waals surface area contributed by atoms with E-state index in [2.05, 4.69) is 10.6 Å². The normalized spacial score (nSPS) is 16.5. The largest absolute Gasteiger partial charge is 0.326 e. The number of benzene rings is 1. The van der Waals surface area contributed by atoms with Crippen molar-refractivity contribution < 1.29 is 13.2 Å². The number of piperidine rings is 1. The summed E-state index contributed by atoms with van der Waals surface area (Å²) in [6.07, 6.45) is 1.73. The second-order valence-corrected chi connectivity index (χ2v) is 8.00. The highest BCUT2D eigenvalue weighted by atomic mass is 35.5. The summed E-state index contributed by atoms with van der Waals surface area (Å²) in [6.45, 7) is 5.25. The van der Waals surface area contributed by atoms with Gasteiger partial charge in [-0.3, -0.25) is 4.79 Å². The summed E-state index contributed by atoms with van der Waals surface area (Å²) in [5, 5.41) is 5.83. The first-order chi connectivity index (χ1) is 10.8. The zero-order valence-corrected chi connectivity index (χ0v) is 16.0. The fraction of sp³-hybridized carbons (Fsp3) is 0.562. The number of halogens is 1. The molecule has 1 amide bonds. The minimum atomic E-state index is -3.51. The Kier molecular flexibility index (Phi) is 7.66. The maximum atomic E-state index is 12.8. The van der Waals surface area contributed by atoms with Gasteiger partial charge >= 0.3 is 0 Å². The van der Waals surface area contributed by atoms with Crippen molar-refractivity contribution >= 4 is 34.0 Å². The number of carbonyl (C=O) groups excluding carboxylic acids is 1. The molecule has 1 heterocycles. The van der Waals surface area contributed by atoms with E-state index in [1.807, 2.05) is 14.0 Å². The number of amides is 1. The van der Waals surface area contributed by atoms with Crippen molar-refractivity contribution in [2.24, 2.45) is 5.92 Å². The number of hydrogen-bond donors (Lipinski definition) is 2. The number of nitrogens with one attached hydrogen (secondary N) is 2. The van der Waals surface area contributed by atoms with E-state index >= 15 is 0 Å². The fourth-order valence-electron chi connectivity index (χ4n) is 2.88. The number of rotatable bonds is 5. The van der Waals surface area contributed by atoms with Crippen molar-refractivity contribution in [3.8, 4) is 0 Å². The minimum Gasteiger partial charge on any atom is -0.326 e. The van der Waals surface area contributed by atoms with Gasteiger partial charge in [0.2, 0.25) is 15.9 Å². The summed E-state index contributed by atoms with van der Waals surface area (Å²) in [7, 11) is -1.60. The van der Waals surface area contributed by atoms with Gasteiger partial charge in [-0.05, 0) is 57.0 Å². The molecule has 0 bridgehead atoms. The third kappa shape index (κ3) is 4.92. The number of nitrogens with zero attached hydrogens (tertiary/aromatic N) is 1. The van der Waals surface area contributed by atoms with Crippen LogP contribution in [0.25, 0.3) is 0 Å². The van der Waals surface area contributed by atoms with Gasteiger partial charge in [-0.2, -0.15) is 4.31 Å². The van der Waals surface area contributed by atoms with Crippen LogP contribution in [0, 0.1) is 12.8 Å². The van der Waals surface area contributed by atoms with Crippen molar-refractivity contribution in [1.82, 2.24) is 9.62 Å². The third-order valence-electron chi connectivity index (χ3n) is 4.22. The SMILES string of the molecule is CNCC1CCN(S(=O)(=O)c2ccc(C)c(NC(C)=O)c2)CC1.Cl. The van der Waals surface area contributed by atoms with Gasteiger partial charge in [0.15, 0.2) is 0 Å². The first-order valence-corrected chi connectivity index (χ1v) is 9.31. The van der Waals surface area contributed by atoms with Crippen LogP contribution in [0.15, 0.2) is 23.1 Å². The standard InChI is InChI=1S/C16H25N3O3S.ClH/c1-12-4-5-15(10-16(12)18-13(2)20)23(21,22)19-8-6-14(7-9-19)11-17-3;/h4-5,10,14,17H,6-9,11H2,1-3H3,(H,18,20);1H. The summed E-state index contributed by atoms with van der Waals surface area (Å²) >= 11 is 0. The summed E-state index contributed by atoms with van der Waals surface area (Å²) in [4.78, 5) is 11.5. The van der Waals surface area contributed by atoms with Crippen molar-refractivity contribution in [2.45, 2.75) is 31.6 Å². The molecule has 0 unspecified atom stereocenters. The number of carbonyl (C=O) groups is 1. The van der Waals surface area contributed by atoms with Crippen LogP contribution in [0.2, 0.25) is 0 Å². The summed E-state index contributed by atoms with van der Waals surface area (Å²) in [5.41, 5.74) is 1.38. The Morgan fingerprint density at radius 1 is 1.29 bits per heavy atom. The van der Waals surface area contributed by atoms with Crippen LogP contribution in [0.5, 0.6) is 0 Å². The number of hydrogen-bond acceptors (Lipinski definition) is 4. The monoisotopic (exact) mass is 375 g/mol. The van der Waals surface area contributed by atoms with E-state index in [1.54, 1.807) is 22.5 Å². The topological polar surface area (TPSA) is 78.5 Å². The van der Waals surface area contributed by atoms with Crippen LogP contribution in [0.4, 0.5) is 5.69 Å². The van der Waals surface area contributed by atoms with Gasteiger partial charge in [0.1, 0.15) is 0 Å². The lowest BCUT2D eigenvalue weighted by Crippen LogP contribution is -2.40. The Labute approximate surface area is 150 Å². The first-order valence-electron chi connectivity index (χ1n) is 7.87. The Bertz CT molecular complexity index is 671. The molecule has 1 aliphatic rings. The summed E-state index contributed by atoms with van der Waals surface area (Å²) in [6, 6.07) is 4.88. The van der Waals surface area contributed by atoms with Crippen LogP contribution in [0.1, 0.15) is 25.3 Å². The van der Waals surface area contributed by atoms with Crippen molar-refractivity contribution in [3.05, 3.63) is 23.8 Å². The average molecular weight is 376 g/mol. The third-order valence-corrected chi connectivity index (χ3v) is 6.12. The van der Waals surface area contributed by atoms with E-state index < -0.39 is 10.0 Å².